The molecule has 2 aromatic rings. The molecular weight excluding hydrogens is 246 g/mol. The molecule has 0 amide bonds. The van der Waals surface area contributed by atoms with Crippen LogP contribution in [0.2, 0.25) is 5.15 Å². The summed E-state index contributed by atoms with van der Waals surface area (Å²) in [5, 5.41) is 10.8. The van der Waals surface area contributed by atoms with Crippen LogP contribution < -0.4 is 4.74 Å². The third-order valence-corrected chi connectivity index (χ3v) is 2.15. The van der Waals surface area contributed by atoms with Crippen LogP contribution in [0, 0.1) is 10.1 Å². The van der Waals surface area contributed by atoms with Gasteiger partial charge < -0.3 is 4.74 Å². The van der Waals surface area contributed by atoms with E-state index in [9.17, 15) is 10.1 Å². The van der Waals surface area contributed by atoms with Crippen LogP contribution in [0.5, 0.6) is 11.6 Å². The van der Waals surface area contributed by atoms with E-state index < -0.39 is 4.92 Å². The summed E-state index contributed by atoms with van der Waals surface area (Å²) < 4.78 is 5.25. The van der Waals surface area contributed by atoms with Gasteiger partial charge in [0.05, 0.1) is 4.92 Å². The fourth-order valence-electron chi connectivity index (χ4n) is 1.18. The summed E-state index contributed by atoms with van der Waals surface area (Å²) in [7, 11) is 0. The molecule has 0 aliphatic rings. The second kappa shape index (κ2) is 4.75. The Balaban J connectivity index is 2.37. The Bertz CT molecular complexity index is 562. The first-order valence-electron chi connectivity index (χ1n) is 4.56. The number of aromatic nitrogens is 2. The smallest absolute Gasteiger partial charge is 0.311 e. The third kappa shape index (κ3) is 2.48. The molecule has 0 atom stereocenters. The number of hydrogen-bond donors (Lipinski definition) is 0. The molecule has 86 valence electrons. The molecule has 0 N–H and O–H groups in total. The van der Waals surface area contributed by atoms with Gasteiger partial charge in [0.1, 0.15) is 0 Å². The van der Waals surface area contributed by atoms with Crippen molar-refractivity contribution in [3.63, 3.8) is 0 Å². The molecule has 1 heterocycles. The number of nitro groups is 1. The van der Waals surface area contributed by atoms with Crippen molar-refractivity contribution in [2.75, 3.05) is 0 Å². The van der Waals surface area contributed by atoms with Crippen LogP contribution in [0.1, 0.15) is 0 Å². The molecule has 0 fully saturated rings. The minimum absolute atomic E-state index is 0.0310. The maximum absolute atomic E-state index is 10.8. The van der Waals surface area contributed by atoms with E-state index in [2.05, 4.69) is 9.97 Å². The predicted molar refractivity (Wildman–Crippen MR) is 60.2 cm³/mol. The Morgan fingerprint density at radius 3 is 2.65 bits per heavy atom. The SMILES string of the molecule is O=[N+]([O-])c1ccccc1Oc1nccnc1Cl. The zero-order chi connectivity index (χ0) is 12.3. The van der Waals surface area contributed by atoms with Crippen molar-refractivity contribution in [3.05, 3.63) is 51.9 Å². The highest BCUT2D eigenvalue weighted by Crippen LogP contribution is 2.31. The van der Waals surface area contributed by atoms with Crippen molar-refractivity contribution < 1.29 is 9.66 Å². The fourth-order valence-corrected chi connectivity index (χ4v) is 1.32. The van der Waals surface area contributed by atoms with Gasteiger partial charge >= 0.3 is 5.69 Å². The minimum Gasteiger partial charge on any atom is -0.429 e. The first-order chi connectivity index (χ1) is 8.18. The van der Waals surface area contributed by atoms with Crippen LogP contribution in [-0.4, -0.2) is 14.9 Å². The maximum Gasteiger partial charge on any atom is 0.311 e. The molecule has 0 bridgehead atoms. The Hall–Kier alpha value is -2.21. The summed E-state index contributed by atoms with van der Waals surface area (Å²) >= 11 is 5.74. The summed E-state index contributed by atoms with van der Waals surface area (Å²) in [6.07, 6.45) is 2.78. The van der Waals surface area contributed by atoms with Crippen molar-refractivity contribution in [1.29, 1.82) is 0 Å². The number of nitro benzene ring substituents is 1. The lowest BCUT2D eigenvalue weighted by Gasteiger charge is -2.05. The Morgan fingerprint density at radius 1 is 1.24 bits per heavy atom. The van der Waals surface area contributed by atoms with Crippen LogP contribution in [0.25, 0.3) is 0 Å². The zero-order valence-corrected chi connectivity index (χ0v) is 9.16. The predicted octanol–water partition coefficient (Wildman–Crippen LogP) is 2.83. The summed E-state index contributed by atoms with van der Waals surface area (Å²) in [4.78, 5) is 17.8. The molecule has 0 radical (unpaired) electrons. The van der Waals surface area contributed by atoms with Crippen LogP contribution in [0.3, 0.4) is 0 Å². The average Bonchev–Trinajstić information content (AvgIpc) is 2.32. The first kappa shape index (κ1) is 11.3. The van der Waals surface area contributed by atoms with Crippen LogP contribution in [-0.2, 0) is 0 Å². The lowest BCUT2D eigenvalue weighted by Crippen LogP contribution is -1.95. The summed E-state index contributed by atoms with van der Waals surface area (Å²) in [6.45, 7) is 0. The molecule has 0 aliphatic carbocycles. The number of ether oxygens (including phenoxy) is 1. The van der Waals surface area contributed by atoms with Gasteiger partial charge in [-0.05, 0) is 6.07 Å². The number of para-hydroxylation sites is 2. The molecule has 2 rings (SSSR count). The highest BCUT2D eigenvalue weighted by Gasteiger charge is 2.16. The third-order valence-electron chi connectivity index (χ3n) is 1.89. The lowest BCUT2D eigenvalue weighted by molar-refractivity contribution is -0.385. The number of nitrogens with zero attached hydrogens (tertiary/aromatic N) is 3. The monoisotopic (exact) mass is 251 g/mol. The first-order valence-corrected chi connectivity index (χ1v) is 4.94. The van der Waals surface area contributed by atoms with E-state index in [4.69, 9.17) is 16.3 Å². The van der Waals surface area contributed by atoms with Gasteiger partial charge in [0.25, 0.3) is 5.88 Å². The van der Waals surface area contributed by atoms with Gasteiger partial charge in [-0.25, -0.2) is 9.97 Å². The average molecular weight is 252 g/mol. The second-order valence-electron chi connectivity index (χ2n) is 2.98. The van der Waals surface area contributed by atoms with Gasteiger partial charge in [-0.2, -0.15) is 0 Å². The van der Waals surface area contributed by atoms with E-state index in [0.717, 1.165) is 0 Å². The largest absolute Gasteiger partial charge is 0.429 e. The lowest BCUT2D eigenvalue weighted by atomic mass is 10.3. The van der Waals surface area contributed by atoms with E-state index in [1.165, 1.54) is 24.5 Å². The Kier molecular flexibility index (Phi) is 3.15. The molecule has 1 aromatic carbocycles. The van der Waals surface area contributed by atoms with Gasteiger partial charge in [0.2, 0.25) is 5.75 Å². The molecule has 0 spiro atoms. The highest BCUT2D eigenvalue weighted by atomic mass is 35.5. The molecule has 17 heavy (non-hydrogen) atoms. The van der Waals surface area contributed by atoms with Crippen molar-refractivity contribution >= 4 is 17.3 Å². The van der Waals surface area contributed by atoms with Gasteiger partial charge in [0.15, 0.2) is 5.15 Å². The molecule has 0 saturated carbocycles. The van der Waals surface area contributed by atoms with Crippen molar-refractivity contribution in [1.82, 2.24) is 9.97 Å². The zero-order valence-electron chi connectivity index (χ0n) is 8.41. The van der Waals surface area contributed by atoms with E-state index >= 15 is 0 Å². The Morgan fingerprint density at radius 2 is 1.94 bits per heavy atom. The summed E-state index contributed by atoms with van der Waals surface area (Å²) in [5.74, 6) is 0.100. The van der Waals surface area contributed by atoms with E-state index in [-0.39, 0.29) is 22.5 Å². The minimum atomic E-state index is -0.542. The highest BCUT2D eigenvalue weighted by molar-refractivity contribution is 6.30. The van der Waals surface area contributed by atoms with E-state index in [0.29, 0.717) is 0 Å². The molecule has 1 aromatic heterocycles. The molecular formula is C10H6ClN3O3. The number of rotatable bonds is 3. The Labute approximate surface area is 101 Å². The summed E-state index contributed by atoms with van der Waals surface area (Å²) in [5.41, 5.74) is -0.158. The standard InChI is InChI=1S/C10H6ClN3O3/c11-9-10(13-6-5-12-9)17-8-4-2-1-3-7(8)14(15)16/h1-6H. The van der Waals surface area contributed by atoms with Crippen LogP contribution in [0.15, 0.2) is 36.7 Å². The number of hydrogen-bond acceptors (Lipinski definition) is 5. The van der Waals surface area contributed by atoms with Crippen LogP contribution in [0.4, 0.5) is 5.69 Å². The van der Waals surface area contributed by atoms with Gasteiger partial charge in [-0.1, -0.05) is 23.7 Å². The maximum atomic E-state index is 10.8. The molecule has 0 saturated heterocycles. The fraction of sp³-hybridized carbons (Fsp3) is 0. The second-order valence-corrected chi connectivity index (χ2v) is 3.34. The molecule has 0 aliphatic heterocycles. The molecule has 0 unspecified atom stereocenters. The number of benzene rings is 1. The topological polar surface area (TPSA) is 78.2 Å². The van der Waals surface area contributed by atoms with Crippen molar-refractivity contribution in [2.45, 2.75) is 0 Å². The number of halogens is 1. The quantitative estimate of drug-likeness (QED) is 0.619. The van der Waals surface area contributed by atoms with Gasteiger partial charge in [-0.15, -0.1) is 0 Å². The summed E-state index contributed by atoms with van der Waals surface area (Å²) in [6, 6.07) is 5.96. The van der Waals surface area contributed by atoms with Gasteiger partial charge in [0, 0.05) is 18.5 Å². The molecule has 7 heteroatoms. The van der Waals surface area contributed by atoms with E-state index in [1.807, 2.05) is 0 Å². The van der Waals surface area contributed by atoms with E-state index in [1.54, 1.807) is 12.1 Å². The molecule has 6 nitrogen and oxygen atoms in total. The van der Waals surface area contributed by atoms with Crippen molar-refractivity contribution in [3.8, 4) is 11.6 Å². The van der Waals surface area contributed by atoms with Crippen molar-refractivity contribution in [2.24, 2.45) is 0 Å². The van der Waals surface area contributed by atoms with Gasteiger partial charge in [-0.3, -0.25) is 10.1 Å². The normalized spacial score (nSPS) is 9.94. The van der Waals surface area contributed by atoms with Crippen LogP contribution >= 0.6 is 11.6 Å².